The van der Waals surface area contributed by atoms with Crippen molar-refractivity contribution in [1.82, 2.24) is 5.32 Å². The molecule has 1 atom stereocenters. The van der Waals surface area contributed by atoms with E-state index < -0.39 is 6.09 Å². The molecule has 88 valence electrons. The van der Waals surface area contributed by atoms with Crippen molar-refractivity contribution in [3.63, 3.8) is 0 Å². The highest BCUT2D eigenvalue weighted by molar-refractivity contribution is 5.83. The number of rotatable bonds is 3. The fraction of sp³-hybridized carbons (Fsp3) is 0.308. The standard InChI is InChI=1S/C13H14N2O2/c1-2-7-14-12-6-4-9-3-5-10(8-11(9)12)15-13(16)17/h1,3,5,8,12,14-15H,4,6-7H2,(H,16,17). The lowest BCUT2D eigenvalue weighted by Gasteiger charge is -2.13. The molecule has 4 heteroatoms. The van der Waals surface area contributed by atoms with Crippen LogP contribution in [0.4, 0.5) is 10.5 Å². The Hall–Kier alpha value is -1.99. The minimum absolute atomic E-state index is 0.233. The topological polar surface area (TPSA) is 61.4 Å². The third-order valence-electron chi connectivity index (χ3n) is 2.93. The van der Waals surface area contributed by atoms with E-state index in [1.165, 1.54) is 5.56 Å². The van der Waals surface area contributed by atoms with Crippen LogP contribution in [-0.2, 0) is 6.42 Å². The highest BCUT2D eigenvalue weighted by Crippen LogP contribution is 2.32. The summed E-state index contributed by atoms with van der Waals surface area (Å²) < 4.78 is 0. The second-order valence-electron chi connectivity index (χ2n) is 4.02. The van der Waals surface area contributed by atoms with Crippen LogP contribution in [0.1, 0.15) is 23.6 Å². The summed E-state index contributed by atoms with van der Waals surface area (Å²) in [5, 5.41) is 14.3. The first-order valence-corrected chi connectivity index (χ1v) is 5.50. The molecule has 0 heterocycles. The maximum atomic E-state index is 10.6. The zero-order valence-corrected chi connectivity index (χ0v) is 9.36. The van der Waals surface area contributed by atoms with Gasteiger partial charge in [-0.15, -0.1) is 6.42 Å². The Morgan fingerprint density at radius 1 is 1.59 bits per heavy atom. The lowest BCUT2D eigenvalue weighted by molar-refractivity contribution is 0.210. The van der Waals surface area contributed by atoms with Crippen molar-refractivity contribution >= 4 is 11.8 Å². The second-order valence-corrected chi connectivity index (χ2v) is 4.02. The maximum Gasteiger partial charge on any atom is 0.409 e. The van der Waals surface area contributed by atoms with Gasteiger partial charge >= 0.3 is 6.09 Å². The van der Waals surface area contributed by atoms with Crippen molar-refractivity contribution in [3.05, 3.63) is 29.3 Å². The van der Waals surface area contributed by atoms with Gasteiger partial charge in [-0.3, -0.25) is 10.6 Å². The normalized spacial score (nSPS) is 17.2. The molecule has 0 saturated carbocycles. The van der Waals surface area contributed by atoms with Crippen LogP contribution in [0, 0.1) is 12.3 Å². The molecular weight excluding hydrogens is 216 g/mol. The van der Waals surface area contributed by atoms with E-state index in [1.54, 1.807) is 6.07 Å². The first-order valence-electron chi connectivity index (χ1n) is 5.50. The Kier molecular flexibility index (Phi) is 3.31. The molecule has 1 aromatic rings. The Labute approximate surface area is 100 Å². The number of carboxylic acid groups (broad SMARTS) is 1. The molecule has 0 fully saturated rings. The first-order chi connectivity index (χ1) is 8.20. The van der Waals surface area contributed by atoms with Crippen LogP contribution < -0.4 is 10.6 Å². The average Bonchev–Trinajstić information content (AvgIpc) is 2.68. The van der Waals surface area contributed by atoms with Gasteiger partial charge in [-0.2, -0.15) is 0 Å². The van der Waals surface area contributed by atoms with Gasteiger partial charge in [0.1, 0.15) is 0 Å². The summed E-state index contributed by atoms with van der Waals surface area (Å²) in [4.78, 5) is 10.6. The van der Waals surface area contributed by atoms with E-state index in [-0.39, 0.29) is 6.04 Å². The SMILES string of the molecule is C#CCNC1CCc2ccc(NC(=O)O)cc21. The van der Waals surface area contributed by atoms with Gasteiger partial charge in [0.05, 0.1) is 6.54 Å². The molecule has 17 heavy (non-hydrogen) atoms. The number of anilines is 1. The average molecular weight is 230 g/mol. The van der Waals surface area contributed by atoms with Crippen LogP contribution in [0.15, 0.2) is 18.2 Å². The molecule has 0 bridgehead atoms. The Balaban J connectivity index is 2.18. The van der Waals surface area contributed by atoms with E-state index in [9.17, 15) is 4.79 Å². The predicted octanol–water partition coefficient (Wildman–Crippen LogP) is 1.99. The van der Waals surface area contributed by atoms with Gasteiger partial charge in [0.2, 0.25) is 0 Å². The molecule has 0 radical (unpaired) electrons. The van der Waals surface area contributed by atoms with Crippen molar-refractivity contribution in [2.24, 2.45) is 0 Å². The van der Waals surface area contributed by atoms with Gasteiger partial charge in [0.25, 0.3) is 0 Å². The van der Waals surface area contributed by atoms with E-state index in [2.05, 4.69) is 16.6 Å². The van der Waals surface area contributed by atoms with E-state index in [1.807, 2.05) is 12.1 Å². The maximum absolute atomic E-state index is 10.6. The van der Waals surface area contributed by atoms with Crippen LogP contribution in [0.3, 0.4) is 0 Å². The molecule has 1 aliphatic carbocycles. The summed E-state index contributed by atoms with van der Waals surface area (Å²) in [5.41, 5.74) is 3.01. The van der Waals surface area contributed by atoms with E-state index in [0.717, 1.165) is 18.4 Å². The summed E-state index contributed by atoms with van der Waals surface area (Å²) >= 11 is 0. The molecule has 0 spiro atoms. The number of nitrogens with one attached hydrogen (secondary N) is 2. The highest BCUT2D eigenvalue weighted by Gasteiger charge is 2.21. The third-order valence-corrected chi connectivity index (χ3v) is 2.93. The molecular formula is C13H14N2O2. The van der Waals surface area contributed by atoms with Crippen LogP contribution in [0.25, 0.3) is 0 Å². The van der Waals surface area contributed by atoms with E-state index in [4.69, 9.17) is 11.5 Å². The zero-order chi connectivity index (χ0) is 12.3. The monoisotopic (exact) mass is 230 g/mol. The number of hydrogen-bond acceptors (Lipinski definition) is 2. The second kappa shape index (κ2) is 4.89. The fourth-order valence-electron chi connectivity index (χ4n) is 2.20. The molecule has 0 aromatic heterocycles. The summed E-state index contributed by atoms with van der Waals surface area (Å²) in [7, 11) is 0. The molecule has 0 aliphatic heterocycles. The van der Waals surface area contributed by atoms with Crippen LogP contribution in [-0.4, -0.2) is 17.7 Å². The molecule has 4 nitrogen and oxygen atoms in total. The third kappa shape index (κ3) is 2.58. The smallest absolute Gasteiger partial charge is 0.409 e. The lowest BCUT2D eigenvalue weighted by atomic mass is 10.1. The van der Waals surface area contributed by atoms with Gasteiger partial charge in [-0.05, 0) is 36.1 Å². The molecule has 1 aromatic carbocycles. The summed E-state index contributed by atoms with van der Waals surface area (Å²) in [5.74, 6) is 2.55. The van der Waals surface area contributed by atoms with Crippen molar-refractivity contribution < 1.29 is 9.90 Å². The van der Waals surface area contributed by atoms with Gasteiger partial charge in [0, 0.05) is 11.7 Å². The quantitative estimate of drug-likeness (QED) is 0.696. The Bertz CT molecular complexity index is 477. The number of fused-ring (bicyclic) bond motifs is 1. The number of terminal acetylenes is 1. The molecule has 1 unspecified atom stereocenters. The number of benzene rings is 1. The summed E-state index contributed by atoms with van der Waals surface area (Å²) in [6, 6.07) is 5.87. The Morgan fingerprint density at radius 2 is 2.41 bits per heavy atom. The van der Waals surface area contributed by atoms with Crippen molar-refractivity contribution in [1.29, 1.82) is 0 Å². The van der Waals surface area contributed by atoms with Crippen LogP contribution in [0.2, 0.25) is 0 Å². The lowest BCUT2D eigenvalue weighted by Crippen LogP contribution is -2.19. The zero-order valence-electron chi connectivity index (χ0n) is 9.36. The minimum Gasteiger partial charge on any atom is -0.465 e. The summed E-state index contributed by atoms with van der Waals surface area (Å²) in [6.45, 7) is 0.528. The number of amides is 1. The fourth-order valence-corrected chi connectivity index (χ4v) is 2.20. The Morgan fingerprint density at radius 3 is 3.12 bits per heavy atom. The van der Waals surface area contributed by atoms with Gasteiger partial charge < -0.3 is 5.11 Å². The number of aryl methyl sites for hydroxylation is 1. The molecule has 3 N–H and O–H groups in total. The number of hydrogen-bond donors (Lipinski definition) is 3. The number of carbonyl (C=O) groups is 1. The van der Waals surface area contributed by atoms with Gasteiger partial charge in [-0.1, -0.05) is 12.0 Å². The van der Waals surface area contributed by atoms with E-state index >= 15 is 0 Å². The minimum atomic E-state index is -1.05. The highest BCUT2D eigenvalue weighted by atomic mass is 16.4. The summed E-state index contributed by atoms with van der Waals surface area (Å²) in [6.07, 6.45) is 6.19. The van der Waals surface area contributed by atoms with Crippen molar-refractivity contribution in [2.75, 3.05) is 11.9 Å². The van der Waals surface area contributed by atoms with Crippen LogP contribution >= 0.6 is 0 Å². The predicted molar refractivity (Wildman–Crippen MR) is 66.0 cm³/mol. The first kappa shape index (κ1) is 11.5. The molecule has 2 rings (SSSR count). The molecule has 0 saturated heterocycles. The molecule has 1 amide bonds. The largest absolute Gasteiger partial charge is 0.465 e. The van der Waals surface area contributed by atoms with E-state index in [0.29, 0.717) is 12.2 Å². The van der Waals surface area contributed by atoms with Gasteiger partial charge in [-0.25, -0.2) is 4.79 Å². The molecule has 1 aliphatic rings. The van der Waals surface area contributed by atoms with Crippen molar-refractivity contribution in [2.45, 2.75) is 18.9 Å². The van der Waals surface area contributed by atoms with Gasteiger partial charge in [0.15, 0.2) is 0 Å². The van der Waals surface area contributed by atoms with Crippen molar-refractivity contribution in [3.8, 4) is 12.3 Å². The van der Waals surface area contributed by atoms with Crippen LogP contribution in [0.5, 0.6) is 0 Å².